The zero-order chi connectivity index (χ0) is 11.7. The van der Waals surface area contributed by atoms with Gasteiger partial charge in [-0.15, -0.1) is 0 Å². The molecule has 0 aliphatic carbocycles. The Morgan fingerprint density at radius 3 is 2.07 bits per heavy atom. The van der Waals surface area contributed by atoms with Crippen LogP contribution in [0.4, 0.5) is 0 Å². The molecule has 90 valence electrons. The van der Waals surface area contributed by atoms with Gasteiger partial charge in [0.15, 0.2) is 0 Å². The summed E-state index contributed by atoms with van der Waals surface area (Å²) in [4.78, 5) is 0. The van der Waals surface area contributed by atoms with Gasteiger partial charge >= 0.3 is 0 Å². The fraction of sp³-hybridized carbons (Fsp3) is 0.933. The summed E-state index contributed by atoms with van der Waals surface area (Å²) in [6, 6.07) is 0. The molecule has 0 aromatic rings. The molecule has 0 nitrogen and oxygen atoms in total. The first kappa shape index (κ1) is 15.0. The molecule has 0 saturated heterocycles. The van der Waals surface area contributed by atoms with Gasteiger partial charge in [0.25, 0.3) is 0 Å². The van der Waals surface area contributed by atoms with E-state index in [1.807, 2.05) is 0 Å². The van der Waals surface area contributed by atoms with Crippen LogP contribution in [0.2, 0.25) is 0 Å². The van der Waals surface area contributed by atoms with Crippen LogP contribution in [0.15, 0.2) is 0 Å². The second kappa shape index (κ2) is 9.24. The standard InChI is InChI=1S/C15H30/c1-6-7-8-11-15(14(4)5)12-9-10-13(2)3/h13-15H,6-11H2,1-5H3. The van der Waals surface area contributed by atoms with E-state index in [0.29, 0.717) is 0 Å². The van der Waals surface area contributed by atoms with E-state index in [2.05, 4.69) is 41.0 Å². The van der Waals surface area contributed by atoms with E-state index >= 15 is 0 Å². The lowest BCUT2D eigenvalue weighted by molar-refractivity contribution is 0.376. The van der Waals surface area contributed by atoms with Gasteiger partial charge in [0.1, 0.15) is 0 Å². The first-order valence-electron chi connectivity index (χ1n) is 6.81. The first-order chi connectivity index (χ1) is 7.07. The molecule has 1 unspecified atom stereocenters. The van der Waals surface area contributed by atoms with E-state index < -0.39 is 0 Å². The second-order valence-electron chi connectivity index (χ2n) is 5.48. The summed E-state index contributed by atoms with van der Waals surface area (Å²) in [6.45, 7) is 11.5. The molecule has 0 aliphatic rings. The fourth-order valence-corrected chi connectivity index (χ4v) is 1.84. The Balaban J connectivity index is 3.64. The predicted molar refractivity (Wildman–Crippen MR) is 69.8 cm³/mol. The summed E-state index contributed by atoms with van der Waals surface area (Å²) >= 11 is 0. The molecule has 0 bridgehead atoms. The van der Waals surface area contributed by atoms with Gasteiger partial charge in [-0.1, -0.05) is 60.3 Å². The van der Waals surface area contributed by atoms with Crippen LogP contribution < -0.4 is 0 Å². The summed E-state index contributed by atoms with van der Waals surface area (Å²) in [5.41, 5.74) is 0. The van der Waals surface area contributed by atoms with E-state index in [0.717, 1.165) is 17.8 Å². The quantitative estimate of drug-likeness (QED) is 0.450. The van der Waals surface area contributed by atoms with E-state index in [-0.39, 0.29) is 0 Å². The molecule has 0 aromatic carbocycles. The Morgan fingerprint density at radius 2 is 1.60 bits per heavy atom. The van der Waals surface area contributed by atoms with Crippen LogP contribution >= 0.6 is 0 Å². The molecule has 0 heteroatoms. The zero-order valence-electron chi connectivity index (χ0n) is 11.5. The molecule has 0 rings (SSSR count). The topological polar surface area (TPSA) is 0 Å². The van der Waals surface area contributed by atoms with Crippen molar-refractivity contribution in [3.63, 3.8) is 0 Å². The second-order valence-corrected chi connectivity index (χ2v) is 5.48. The molecule has 0 fully saturated rings. The van der Waals surface area contributed by atoms with Crippen molar-refractivity contribution in [2.24, 2.45) is 17.8 Å². The molecule has 0 aromatic heterocycles. The number of hydrogen-bond acceptors (Lipinski definition) is 0. The Labute approximate surface area is 97.8 Å². The van der Waals surface area contributed by atoms with E-state index in [1.165, 1.54) is 38.5 Å². The lowest BCUT2D eigenvalue weighted by Crippen LogP contribution is -2.10. The number of unbranched alkanes of at least 4 members (excludes halogenated alkanes) is 2. The maximum absolute atomic E-state index is 3.71. The Morgan fingerprint density at radius 1 is 0.933 bits per heavy atom. The van der Waals surface area contributed by atoms with Crippen molar-refractivity contribution >= 4 is 0 Å². The molecule has 0 amide bonds. The third kappa shape index (κ3) is 8.96. The van der Waals surface area contributed by atoms with Crippen molar-refractivity contribution in [2.45, 2.75) is 73.1 Å². The van der Waals surface area contributed by atoms with Crippen LogP contribution in [0.3, 0.4) is 0 Å². The highest BCUT2D eigenvalue weighted by Crippen LogP contribution is 2.24. The third-order valence-corrected chi connectivity index (χ3v) is 3.05. The van der Waals surface area contributed by atoms with Gasteiger partial charge in [-0.25, -0.2) is 0 Å². The minimum Gasteiger partial charge on any atom is -0.0654 e. The van der Waals surface area contributed by atoms with Gasteiger partial charge in [0, 0.05) is 0 Å². The predicted octanol–water partition coefficient (Wildman–Crippen LogP) is 5.36. The summed E-state index contributed by atoms with van der Waals surface area (Å²) < 4.78 is 0. The molecule has 15 heavy (non-hydrogen) atoms. The molecule has 1 atom stereocenters. The molecule has 0 spiro atoms. The highest BCUT2D eigenvalue weighted by molar-refractivity contribution is 4.79. The monoisotopic (exact) mass is 210 g/mol. The maximum atomic E-state index is 3.71. The highest BCUT2D eigenvalue weighted by atomic mass is 14.2. The SMILES string of the molecule is CCCCCC([C]CCC(C)C)C(C)C. The summed E-state index contributed by atoms with van der Waals surface area (Å²) in [5, 5.41) is 0. The van der Waals surface area contributed by atoms with Crippen molar-refractivity contribution in [2.75, 3.05) is 0 Å². The van der Waals surface area contributed by atoms with Crippen LogP contribution in [0.25, 0.3) is 0 Å². The number of hydrogen-bond donors (Lipinski definition) is 0. The molecule has 2 radical (unpaired) electrons. The average Bonchev–Trinajstić information content (AvgIpc) is 2.15. The van der Waals surface area contributed by atoms with Gasteiger partial charge in [-0.2, -0.15) is 0 Å². The maximum Gasteiger partial charge on any atom is -0.0137 e. The van der Waals surface area contributed by atoms with Gasteiger partial charge in [0.2, 0.25) is 0 Å². The van der Waals surface area contributed by atoms with E-state index in [4.69, 9.17) is 0 Å². The number of rotatable bonds is 9. The van der Waals surface area contributed by atoms with Crippen LogP contribution in [-0.4, -0.2) is 0 Å². The molecular weight excluding hydrogens is 180 g/mol. The molecule has 0 saturated carbocycles. The average molecular weight is 210 g/mol. The normalized spacial score (nSPS) is 13.8. The van der Waals surface area contributed by atoms with Crippen molar-refractivity contribution in [1.82, 2.24) is 0 Å². The first-order valence-corrected chi connectivity index (χ1v) is 6.81. The molecule has 0 heterocycles. The van der Waals surface area contributed by atoms with E-state index in [9.17, 15) is 0 Å². The van der Waals surface area contributed by atoms with Crippen molar-refractivity contribution in [3.05, 3.63) is 6.42 Å². The molecule has 0 N–H and O–H groups in total. The van der Waals surface area contributed by atoms with Gasteiger partial charge in [0.05, 0.1) is 0 Å². The largest absolute Gasteiger partial charge is 0.0654 e. The van der Waals surface area contributed by atoms with Gasteiger partial charge < -0.3 is 0 Å². The summed E-state index contributed by atoms with van der Waals surface area (Å²) in [7, 11) is 0. The van der Waals surface area contributed by atoms with Gasteiger partial charge in [-0.3, -0.25) is 0 Å². The van der Waals surface area contributed by atoms with Crippen molar-refractivity contribution < 1.29 is 0 Å². The fourth-order valence-electron chi connectivity index (χ4n) is 1.84. The molecule has 0 aliphatic heterocycles. The smallest absolute Gasteiger partial charge is 0.0137 e. The minimum atomic E-state index is 0.732. The van der Waals surface area contributed by atoms with E-state index in [1.54, 1.807) is 0 Å². The molecular formula is C15H30. The van der Waals surface area contributed by atoms with Crippen LogP contribution in [0.1, 0.15) is 73.1 Å². The summed E-state index contributed by atoms with van der Waals surface area (Å²) in [6.07, 6.45) is 11.6. The van der Waals surface area contributed by atoms with Crippen LogP contribution in [0, 0.1) is 24.2 Å². The van der Waals surface area contributed by atoms with Crippen molar-refractivity contribution in [3.8, 4) is 0 Å². The Kier molecular flexibility index (Phi) is 9.24. The summed E-state index contributed by atoms with van der Waals surface area (Å²) in [5.74, 6) is 2.32. The zero-order valence-corrected chi connectivity index (χ0v) is 11.5. The minimum absolute atomic E-state index is 0.732. The lowest BCUT2D eigenvalue weighted by Gasteiger charge is -2.20. The van der Waals surface area contributed by atoms with Crippen LogP contribution in [-0.2, 0) is 0 Å². The Hall–Kier alpha value is 0. The third-order valence-electron chi connectivity index (χ3n) is 3.05. The van der Waals surface area contributed by atoms with Gasteiger partial charge in [-0.05, 0) is 37.0 Å². The highest BCUT2D eigenvalue weighted by Gasteiger charge is 2.13. The van der Waals surface area contributed by atoms with Crippen LogP contribution in [0.5, 0.6) is 0 Å². The Bertz CT molecular complexity index is 124. The lowest BCUT2D eigenvalue weighted by atomic mass is 9.85. The van der Waals surface area contributed by atoms with Crippen molar-refractivity contribution in [1.29, 1.82) is 0 Å².